The van der Waals surface area contributed by atoms with Crippen molar-refractivity contribution < 1.29 is 0 Å². The van der Waals surface area contributed by atoms with Crippen LogP contribution in [-0.4, -0.2) is 0 Å². The molecule has 0 aliphatic rings. The molecule has 0 amide bonds. The molecule has 0 bridgehead atoms. The smallest absolute Gasteiger partial charge is 0.0307 e. The van der Waals surface area contributed by atoms with Gasteiger partial charge < -0.3 is 0 Å². The molecule has 0 radical (unpaired) electrons. The van der Waals surface area contributed by atoms with Gasteiger partial charge in [-0.3, -0.25) is 0 Å². The van der Waals surface area contributed by atoms with Gasteiger partial charge in [0.15, 0.2) is 0 Å². The fourth-order valence-electron chi connectivity index (χ4n) is 2.98. The summed E-state index contributed by atoms with van der Waals surface area (Å²) in [4.78, 5) is 0. The van der Waals surface area contributed by atoms with Crippen LogP contribution >= 0.6 is 0 Å². The van der Waals surface area contributed by atoms with E-state index in [1.807, 2.05) is 6.07 Å². The van der Waals surface area contributed by atoms with Crippen molar-refractivity contribution in [1.82, 2.24) is 0 Å². The first-order chi connectivity index (χ1) is 11.8. The highest BCUT2D eigenvalue weighted by molar-refractivity contribution is 5.13. The molecule has 0 unspecified atom stereocenters. The Balaban J connectivity index is 0.000000546. The van der Waals surface area contributed by atoms with Gasteiger partial charge in [-0.1, -0.05) is 141 Å². The summed E-state index contributed by atoms with van der Waals surface area (Å²) in [7, 11) is 0. The fourth-order valence-corrected chi connectivity index (χ4v) is 2.98. The molecule has 0 nitrogen and oxygen atoms in total. The van der Waals surface area contributed by atoms with Crippen LogP contribution in [0.4, 0.5) is 0 Å². The summed E-state index contributed by atoms with van der Waals surface area (Å²) in [5, 5.41) is 0. The molecule has 0 saturated heterocycles. The molecule has 0 aliphatic heterocycles. The minimum Gasteiger partial charge on any atom is -0.0654 e. The number of unbranched alkanes of at least 4 members (excludes halogenated alkanes) is 13. The lowest BCUT2D eigenvalue weighted by molar-refractivity contribution is 0.538. The zero-order valence-corrected chi connectivity index (χ0v) is 17.0. The third kappa shape index (κ3) is 17.6. The molecular formula is C24H44. The average Bonchev–Trinajstić information content (AvgIpc) is 2.64. The summed E-state index contributed by atoms with van der Waals surface area (Å²) >= 11 is 0. The molecule has 1 aromatic carbocycles. The van der Waals surface area contributed by atoms with Crippen molar-refractivity contribution >= 4 is 0 Å². The second-order valence-electron chi connectivity index (χ2n) is 7.08. The predicted molar refractivity (Wildman–Crippen MR) is 112 cm³/mol. The lowest BCUT2D eigenvalue weighted by atomic mass is 10.0. The van der Waals surface area contributed by atoms with Crippen molar-refractivity contribution in [2.45, 2.75) is 117 Å². The van der Waals surface area contributed by atoms with Crippen molar-refractivity contribution in [2.24, 2.45) is 0 Å². The lowest BCUT2D eigenvalue weighted by Crippen LogP contribution is -1.82. The van der Waals surface area contributed by atoms with E-state index < -0.39 is 0 Å². The first kappa shape index (κ1) is 23.2. The van der Waals surface area contributed by atoms with Crippen molar-refractivity contribution in [3.8, 4) is 0 Å². The molecule has 140 valence electrons. The lowest BCUT2D eigenvalue weighted by Gasteiger charge is -2.02. The first-order valence-electron chi connectivity index (χ1n) is 10.9. The maximum Gasteiger partial charge on any atom is -0.0307 e. The van der Waals surface area contributed by atoms with Gasteiger partial charge in [-0.15, -0.1) is 0 Å². The zero-order chi connectivity index (χ0) is 17.7. The molecule has 0 saturated carbocycles. The molecule has 24 heavy (non-hydrogen) atoms. The number of hydrogen-bond acceptors (Lipinski definition) is 0. The highest BCUT2D eigenvalue weighted by atomic mass is 14.0. The SMILES string of the molecule is CCCCCCCCCCCCCCCC.CCc1ccccc1. The molecule has 0 aromatic heterocycles. The Labute approximate surface area is 153 Å². The van der Waals surface area contributed by atoms with Gasteiger partial charge in [0.2, 0.25) is 0 Å². The summed E-state index contributed by atoms with van der Waals surface area (Å²) < 4.78 is 0. The maximum absolute atomic E-state index is 2.29. The van der Waals surface area contributed by atoms with Gasteiger partial charge in [0.25, 0.3) is 0 Å². The van der Waals surface area contributed by atoms with E-state index in [-0.39, 0.29) is 0 Å². The Morgan fingerprint density at radius 2 is 0.792 bits per heavy atom. The zero-order valence-electron chi connectivity index (χ0n) is 17.0. The van der Waals surface area contributed by atoms with E-state index >= 15 is 0 Å². The number of benzene rings is 1. The third-order valence-electron chi connectivity index (χ3n) is 4.71. The molecule has 1 aromatic rings. The van der Waals surface area contributed by atoms with Crippen molar-refractivity contribution in [3.63, 3.8) is 0 Å². The van der Waals surface area contributed by atoms with Gasteiger partial charge in [0.05, 0.1) is 0 Å². The first-order valence-corrected chi connectivity index (χ1v) is 10.9. The van der Waals surface area contributed by atoms with Gasteiger partial charge in [-0.2, -0.15) is 0 Å². The van der Waals surface area contributed by atoms with E-state index in [9.17, 15) is 0 Å². The largest absolute Gasteiger partial charge is 0.0654 e. The second-order valence-corrected chi connectivity index (χ2v) is 7.08. The van der Waals surface area contributed by atoms with E-state index in [1.54, 1.807) is 0 Å². The van der Waals surface area contributed by atoms with Crippen LogP contribution < -0.4 is 0 Å². The summed E-state index contributed by atoms with van der Waals surface area (Å²) in [6.07, 6.45) is 21.6. The maximum atomic E-state index is 2.29. The normalized spacial score (nSPS) is 10.3. The Hall–Kier alpha value is -0.780. The summed E-state index contributed by atoms with van der Waals surface area (Å²) in [6, 6.07) is 10.5. The predicted octanol–water partition coefficient (Wildman–Crippen LogP) is 8.74. The van der Waals surface area contributed by atoms with Crippen molar-refractivity contribution in [1.29, 1.82) is 0 Å². The quantitative estimate of drug-likeness (QED) is 0.299. The molecule has 1 rings (SSSR count). The fraction of sp³-hybridized carbons (Fsp3) is 0.750. The third-order valence-corrected chi connectivity index (χ3v) is 4.71. The molecule has 0 heterocycles. The summed E-state index contributed by atoms with van der Waals surface area (Å²) in [6.45, 7) is 6.74. The van der Waals surface area contributed by atoms with Gasteiger partial charge in [0.1, 0.15) is 0 Å². The van der Waals surface area contributed by atoms with E-state index in [2.05, 4.69) is 45.0 Å². The molecular weight excluding hydrogens is 288 g/mol. The molecule has 0 atom stereocenters. The van der Waals surface area contributed by atoms with Crippen molar-refractivity contribution in [3.05, 3.63) is 35.9 Å². The van der Waals surface area contributed by atoms with Gasteiger partial charge in [-0.05, 0) is 12.0 Å². The molecule has 0 fully saturated rings. The van der Waals surface area contributed by atoms with E-state index in [4.69, 9.17) is 0 Å². The average molecular weight is 333 g/mol. The van der Waals surface area contributed by atoms with E-state index in [1.165, 1.54) is 95.5 Å². The van der Waals surface area contributed by atoms with Crippen LogP contribution in [0, 0.1) is 0 Å². The Kier molecular flexibility index (Phi) is 19.6. The van der Waals surface area contributed by atoms with Crippen LogP contribution in [0.25, 0.3) is 0 Å². The monoisotopic (exact) mass is 332 g/mol. The van der Waals surface area contributed by atoms with Crippen LogP contribution in [0.1, 0.15) is 116 Å². The van der Waals surface area contributed by atoms with Crippen LogP contribution in [0.2, 0.25) is 0 Å². The molecule has 0 spiro atoms. The van der Waals surface area contributed by atoms with E-state index in [0.717, 1.165) is 6.42 Å². The summed E-state index contributed by atoms with van der Waals surface area (Å²) in [5.41, 5.74) is 1.41. The van der Waals surface area contributed by atoms with E-state index in [0.29, 0.717) is 0 Å². The van der Waals surface area contributed by atoms with Crippen LogP contribution in [0.15, 0.2) is 30.3 Å². The Morgan fingerprint density at radius 1 is 0.458 bits per heavy atom. The van der Waals surface area contributed by atoms with Gasteiger partial charge in [-0.25, -0.2) is 0 Å². The molecule has 0 heteroatoms. The highest BCUT2D eigenvalue weighted by Gasteiger charge is 1.92. The van der Waals surface area contributed by atoms with Gasteiger partial charge in [0, 0.05) is 0 Å². The molecule has 0 aliphatic carbocycles. The Morgan fingerprint density at radius 3 is 1.04 bits per heavy atom. The number of hydrogen-bond donors (Lipinski definition) is 0. The number of aryl methyl sites for hydroxylation is 1. The van der Waals surface area contributed by atoms with Crippen LogP contribution in [0.3, 0.4) is 0 Å². The second kappa shape index (κ2) is 20.3. The molecule has 0 N–H and O–H groups in total. The number of rotatable bonds is 14. The highest BCUT2D eigenvalue weighted by Crippen LogP contribution is 2.12. The minimum absolute atomic E-state index is 1.14. The topological polar surface area (TPSA) is 0 Å². The van der Waals surface area contributed by atoms with Crippen LogP contribution in [-0.2, 0) is 6.42 Å². The summed E-state index contributed by atoms with van der Waals surface area (Å²) in [5.74, 6) is 0. The Bertz CT molecular complexity index is 300. The minimum atomic E-state index is 1.14. The van der Waals surface area contributed by atoms with Gasteiger partial charge >= 0.3 is 0 Å². The van der Waals surface area contributed by atoms with Crippen LogP contribution in [0.5, 0.6) is 0 Å². The standard InChI is InChI=1S/C16H34.C8H10/c1-3-5-7-9-11-13-15-16-14-12-10-8-6-4-2;1-2-8-6-4-3-5-7-8/h3-16H2,1-2H3;3-7H,2H2,1H3. The van der Waals surface area contributed by atoms with Crippen molar-refractivity contribution in [2.75, 3.05) is 0 Å².